The van der Waals surface area contributed by atoms with Crippen molar-refractivity contribution >= 4 is 10.8 Å². The van der Waals surface area contributed by atoms with E-state index in [1.807, 2.05) is 0 Å². The van der Waals surface area contributed by atoms with Crippen molar-refractivity contribution in [2.75, 3.05) is 6.54 Å². The normalized spacial score (nSPS) is 30.6. The van der Waals surface area contributed by atoms with Crippen LogP contribution in [0.3, 0.4) is 0 Å². The second kappa shape index (κ2) is 1.48. The molecule has 1 aliphatic rings. The van der Waals surface area contributed by atoms with Crippen molar-refractivity contribution in [3.63, 3.8) is 0 Å². The minimum absolute atomic E-state index is 0.572. The Morgan fingerprint density at radius 3 is 2.43 bits per heavy atom. The molecule has 0 aromatic rings. The van der Waals surface area contributed by atoms with Crippen LogP contribution < -0.4 is 4.72 Å². The lowest BCUT2D eigenvalue weighted by atomic mass is 10.7. The molecule has 4 heteroatoms. The Morgan fingerprint density at radius 1 is 1.57 bits per heavy atom. The molecule has 0 radical (unpaired) electrons. The smallest absolute Gasteiger partial charge is 0.0362 e. The first-order valence-electron chi connectivity index (χ1n) is 1.90. The first-order chi connectivity index (χ1) is 3.21. The molecule has 1 heterocycles. The minimum Gasteiger partial charge on any atom is -0.282 e. The summed E-state index contributed by atoms with van der Waals surface area (Å²) >= 11 is 0. The molecule has 0 unspecified atom stereocenters. The fourth-order valence-electron chi connectivity index (χ4n) is 0.401. The third-order valence-electron chi connectivity index (χ3n) is 0.700. The maximum absolute atomic E-state index is 8.64. The molecule has 1 aliphatic heterocycles. The SMILES string of the molecule is OS1(O)C=CCN1. The van der Waals surface area contributed by atoms with E-state index >= 15 is 0 Å². The molecule has 0 saturated heterocycles. The average molecular weight is 121 g/mol. The van der Waals surface area contributed by atoms with Crippen LogP contribution in [0.2, 0.25) is 0 Å². The second-order valence-corrected chi connectivity index (χ2v) is 3.06. The highest BCUT2D eigenvalue weighted by Gasteiger charge is 2.08. The first-order valence-corrected chi connectivity index (χ1v) is 3.51. The molecule has 0 amide bonds. The summed E-state index contributed by atoms with van der Waals surface area (Å²) in [6.45, 7) is 0.572. The topological polar surface area (TPSA) is 52.5 Å². The zero-order valence-corrected chi connectivity index (χ0v) is 4.48. The largest absolute Gasteiger partial charge is 0.282 e. The molecular weight excluding hydrogens is 114 g/mol. The van der Waals surface area contributed by atoms with Crippen LogP contribution in [-0.4, -0.2) is 15.7 Å². The van der Waals surface area contributed by atoms with E-state index in [-0.39, 0.29) is 0 Å². The predicted molar refractivity (Wildman–Crippen MR) is 30.0 cm³/mol. The molecular formula is C3H7NO2S. The van der Waals surface area contributed by atoms with Gasteiger partial charge in [0.2, 0.25) is 0 Å². The van der Waals surface area contributed by atoms with E-state index in [9.17, 15) is 0 Å². The Hall–Kier alpha value is -0.0300. The lowest BCUT2D eigenvalue weighted by Gasteiger charge is -2.22. The summed E-state index contributed by atoms with van der Waals surface area (Å²) in [6, 6.07) is 0. The quantitative estimate of drug-likeness (QED) is 0.443. The van der Waals surface area contributed by atoms with E-state index in [0.29, 0.717) is 6.54 Å². The van der Waals surface area contributed by atoms with Crippen molar-refractivity contribution in [3.05, 3.63) is 11.5 Å². The highest BCUT2D eigenvalue weighted by molar-refractivity contribution is 8.25. The molecule has 0 bridgehead atoms. The fourth-order valence-corrected chi connectivity index (χ4v) is 1.20. The molecule has 0 aromatic carbocycles. The number of hydrogen-bond acceptors (Lipinski definition) is 3. The van der Waals surface area contributed by atoms with Gasteiger partial charge in [-0.15, -0.1) is 10.8 Å². The van der Waals surface area contributed by atoms with E-state index in [1.165, 1.54) is 5.41 Å². The Morgan fingerprint density at radius 2 is 2.29 bits per heavy atom. The van der Waals surface area contributed by atoms with Crippen LogP contribution in [0.5, 0.6) is 0 Å². The van der Waals surface area contributed by atoms with Gasteiger partial charge in [-0.2, -0.15) is 0 Å². The Labute approximate surface area is 43.5 Å². The molecule has 0 spiro atoms. The van der Waals surface area contributed by atoms with Gasteiger partial charge in [0.05, 0.1) is 0 Å². The molecule has 3 N–H and O–H groups in total. The van der Waals surface area contributed by atoms with Crippen LogP contribution in [0.1, 0.15) is 0 Å². The highest BCUT2D eigenvalue weighted by atomic mass is 32.3. The molecule has 3 nitrogen and oxygen atoms in total. The van der Waals surface area contributed by atoms with Crippen molar-refractivity contribution in [2.24, 2.45) is 0 Å². The highest BCUT2D eigenvalue weighted by Crippen LogP contribution is 2.37. The van der Waals surface area contributed by atoms with Crippen LogP contribution in [0.25, 0.3) is 0 Å². The summed E-state index contributed by atoms with van der Waals surface area (Å²) in [6.07, 6.45) is 1.69. The predicted octanol–water partition coefficient (Wildman–Crippen LogP) is 0.769. The Bertz CT molecular complexity index is 101. The molecule has 0 aliphatic carbocycles. The van der Waals surface area contributed by atoms with Gasteiger partial charge in [0.15, 0.2) is 0 Å². The van der Waals surface area contributed by atoms with Crippen LogP contribution in [-0.2, 0) is 0 Å². The van der Waals surface area contributed by atoms with Gasteiger partial charge in [-0.25, -0.2) is 4.72 Å². The third-order valence-corrected chi connectivity index (χ3v) is 1.86. The number of nitrogens with one attached hydrogen (secondary N) is 1. The molecule has 42 valence electrons. The van der Waals surface area contributed by atoms with Crippen molar-refractivity contribution in [2.45, 2.75) is 0 Å². The van der Waals surface area contributed by atoms with Crippen LogP contribution in [0.4, 0.5) is 0 Å². The monoisotopic (exact) mass is 121 g/mol. The van der Waals surface area contributed by atoms with E-state index < -0.39 is 10.8 Å². The van der Waals surface area contributed by atoms with Crippen LogP contribution in [0.15, 0.2) is 11.5 Å². The van der Waals surface area contributed by atoms with Crippen LogP contribution in [0, 0.1) is 0 Å². The third kappa shape index (κ3) is 1.17. The fraction of sp³-hybridized carbons (Fsp3) is 0.333. The van der Waals surface area contributed by atoms with Crippen molar-refractivity contribution in [3.8, 4) is 0 Å². The van der Waals surface area contributed by atoms with E-state index in [0.717, 1.165) is 0 Å². The average Bonchev–Trinajstić information content (AvgIpc) is 1.84. The summed E-state index contributed by atoms with van der Waals surface area (Å²) in [7, 11) is -2.48. The van der Waals surface area contributed by atoms with Crippen molar-refractivity contribution < 1.29 is 9.11 Å². The van der Waals surface area contributed by atoms with Crippen LogP contribution >= 0.6 is 10.8 Å². The summed E-state index contributed by atoms with van der Waals surface area (Å²) in [4.78, 5) is 0. The Kier molecular flexibility index (Phi) is 1.08. The van der Waals surface area contributed by atoms with Gasteiger partial charge in [0.1, 0.15) is 0 Å². The van der Waals surface area contributed by atoms with Gasteiger partial charge in [-0.3, -0.25) is 9.11 Å². The van der Waals surface area contributed by atoms with Gasteiger partial charge in [0, 0.05) is 12.0 Å². The molecule has 0 fully saturated rings. The standard InChI is InChI=1S/C3H7NO2S/c5-7(6)3-1-2-4-7/h1,3-6H,2H2. The van der Waals surface area contributed by atoms with E-state index in [4.69, 9.17) is 9.11 Å². The van der Waals surface area contributed by atoms with Gasteiger partial charge < -0.3 is 0 Å². The zero-order valence-electron chi connectivity index (χ0n) is 3.66. The Balaban J connectivity index is 2.57. The summed E-state index contributed by atoms with van der Waals surface area (Å²) < 4.78 is 19.8. The maximum atomic E-state index is 8.64. The van der Waals surface area contributed by atoms with Gasteiger partial charge in [-0.05, 0) is 0 Å². The lowest BCUT2D eigenvalue weighted by molar-refractivity contribution is 0.490. The summed E-state index contributed by atoms with van der Waals surface area (Å²) in [5, 5.41) is 1.38. The van der Waals surface area contributed by atoms with Crippen molar-refractivity contribution in [1.29, 1.82) is 0 Å². The molecule has 0 saturated carbocycles. The van der Waals surface area contributed by atoms with E-state index in [1.54, 1.807) is 6.08 Å². The number of rotatable bonds is 0. The summed E-state index contributed by atoms with van der Waals surface area (Å²) in [5.41, 5.74) is 0. The molecule has 0 aromatic heterocycles. The second-order valence-electron chi connectivity index (χ2n) is 1.31. The first kappa shape index (κ1) is 5.11. The summed E-state index contributed by atoms with van der Waals surface area (Å²) in [5.74, 6) is 0. The number of hydrogen-bond donors (Lipinski definition) is 3. The van der Waals surface area contributed by atoms with Gasteiger partial charge in [0.25, 0.3) is 0 Å². The zero-order chi connectivity index (χ0) is 5.33. The molecule has 7 heavy (non-hydrogen) atoms. The molecule has 0 atom stereocenters. The van der Waals surface area contributed by atoms with Gasteiger partial charge in [-0.1, -0.05) is 6.08 Å². The molecule has 1 rings (SSSR count). The maximum Gasteiger partial charge on any atom is 0.0362 e. The van der Waals surface area contributed by atoms with Crippen molar-refractivity contribution in [1.82, 2.24) is 4.72 Å². The lowest BCUT2D eigenvalue weighted by Crippen LogP contribution is -2.11. The van der Waals surface area contributed by atoms with Gasteiger partial charge >= 0.3 is 0 Å². The van der Waals surface area contributed by atoms with E-state index in [2.05, 4.69) is 4.72 Å². The minimum atomic E-state index is -2.48.